The predicted octanol–water partition coefficient (Wildman–Crippen LogP) is 4.80. The number of nitrogens with zero attached hydrogens (tertiary/aromatic N) is 2. The number of likely N-dealkylation sites (tertiary alicyclic amines) is 1. The second kappa shape index (κ2) is 9.96. The largest absolute Gasteiger partial charge is 0.497 e. The molecule has 0 aromatic heterocycles. The van der Waals surface area contributed by atoms with Crippen LogP contribution in [0.2, 0.25) is 0 Å². The Morgan fingerprint density at radius 2 is 1.66 bits per heavy atom. The first-order valence-corrected chi connectivity index (χ1v) is 11.3. The quantitative estimate of drug-likeness (QED) is 0.506. The SMILES string of the molecule is CCN(C(=O)CN1CCC(C(=O)c2ccc(OC)cc2)CC1)c1cccc2ccccc12. The van der Waals surface area contributed by atoms with Crippen LogP contribution < -0.4 is 9.64 Å². The second-order valence-corrected chi connectivity index (χ2v) is 8.28. The molecule has 1 aliphatic heterocycles. The standard InChI is InChI=1S/C27H30N2O3/c1-3-29(25-10-6-8-20-7-4-5-9-24(20)25)26(30)19-28-17-15-22(16-18-28)27(31)21-11-13-23(32-2)14-12-21/h4-14,22H,3,15-19H2,1-2H3. The number of rotatable bonds is 7. The molecule has 1 amide bonds. The summed E-state index contributed by atoms with van der Waals surface area (Å²) in [4.78, 5) is 30.1. The number of anilines is 1. The Morgan fingerprint density at radius 1 is 0.969 bits per heavy atom. The molecule has 1 saturated heterocycles. The van der Waals surface area contributed by atoms with E-state index in [4.69, 9.17) is 4.74 Å². The summed E-state index contributed by atoms with van der Waals surface area (Å²) >= 11 is 0. The number of benzene rings is 3. The average Bonchev–Trinajstić information content (AvgIpc) is 2.85. The Bertz CT molecular complexity index is 1080. The Labute approximate surface area is 189 Å². The molecule has 0 radical (unpaired) electrons. The zero-order valence-corrected chi connectivity index (χ0v) is 18.8. The first kappa shape index (κ1) is 22.0. The maximum absolute atomic E-state index is 13.2. The molecule has 1 aliphatic rings. The van der Waals surface area contributed by atoms with E-state index in [-0.39, 0.29) is 17.6 Å². The van der Waals surface area contributed by atoms with E-state index in [0.717, 1.165) is 53.7 Å². The smallest absolute Gasteiger partial charge is 0.241 e. The van der Waals surface area contributed by atoms with Crippen LogP contribution in [0.25, 0.3) is 10.8 Å². The number of hydrogen-bond acceptors (Lipinski definition) is 4. The lowest BCUT2D eigenvalue weighted by atomic mass is 9.89. The van der Waals surface area contributed by atoms with Crippen LogP contribution in [0.15, 0.2) is 66.7 Å². The van der Waals surface area contributed by atoms with Crippen molar-refractivity contribution in [2.24, 2.45) is 5.92 Å². The minimum Gasteiger partial charge on any atom is -0.497 e. The van der Waals surface area contributed by atoms with Crippen LogP contribution in [-0.2, 0) is 4.79 Å². The average molecular weight is 431 g/mol. The fourth-order valence-corrected chi connectivity index (χ4v) is 4.55. The van der Waals surface area contributed by atoms with E-state index in [1.165, 1.54) is 0 Å². The lowest BCUT2D eigenvalue weighted by Crippen LogP contribution is -2.44. The zero-order chi connectivity index (χ0) is 22.5. The van der Waals surface area contributed by atoms with Gasteiger partial charge in [0.1, 0.15) is 5.75 Å². The number of piperidine rings is 1. The third-order valence-corrected chi connectivity index (χ3v) is 6.37. The van der Waals surface area contributed by atoms with Crippen LogP contribution in [0.1, 0.15) is 30.1 Å². The third kappa shape index (κ3) is 4.68. The summed E-state index contributed by atoms with van der Waals surface area (Å²) in [6, 6.07) is 21.6. The number of ether oxygens (including phenoxy) is 1. The minimum atomic E-state index is 0.00934. The van der Waals surface area contributed by atoms with Crippen LogP contribution in [0, 0.1) is 5.92 Å². The monoisotopic (exact) mass is 430 g/mol. The van der Waals surface area contributed by atoms with E-state index in [9.17, 15) is 9.59 Å². The van der Waals surface area contributed by atoms with Gasteiger partial charge < -0.3 is 9.64 Å². The highest BCUT2D eigenvalue weighted by atomic mass is 16.5. The molecule has 3 aromatic carbocycles. The molecule has 0 aliphatic carbocycles. The van der Waals surface area contributed by atoms with Gasteiger partial charge in [0.15, 0.2) is 5.78 Å². The summed E-state index contributed by atoms with van der Waals surface area (Å²) in [6.45, 7) is 4.52. The number of carbonyl (C=O) groups excluding carboxylic acids is 2. The summed E-state index contributed by atoms with van der Waals surface area (Å²) in [7, 11) is 1.62. The second-order valence-electron chi connectivity index (χ2n) is 8.28. The molecule has 5 heteroatoms. The number of likely N-dealkylation sites (N-methyl/N-ethyl adjacent to an activating group) is 1. The van der Waals surface area contributed by atoms with Crippen molar-refractivity contribution in [3.63, 3.8) is 0 Å². The maximum atomic E-state index is 13.2. The Hall–Kier alpha value is -3.18. The Kier molecular flexibility index (Phi) is 6.86. The number of carbonyl (C=O) groups is 2. The van der Waals surface area contributed by atoms with E-state index in [1.807, 2.05) is 60.4 Å². The number of Topliss-reactive ketones (excluding diaryl/α,β-unsaturated/α-hetero) is 1. The normalized spacial score (nSPS) is 14.9. The van der Waals surface area contributed by atoms with Crippen LogP contribution in [0.5, 0.6) is 5.75 Å². The van der Waals surface area contributed by atoms with Gasteiger partial charge in [-0.25, -0.2) is 0 Å². The number of hydrogen-bond donors (Lipinski definition) is 0. The summed E-state index contributed by atoms with van der Waals surface area (Å²) < 4.78 is 5.18. The van der Waals surface area contributed by atoms with Gasteiger partial charge in [-0.1, -0.05) is 36.4 Å². The Morgan fingerprint density at radius 3 is 2.34 bits per heavy atom. The highest BCUT2D eigenvalue weighted by Gasteiger charge is 2.28. The van der Waals surface area contributed by atoms with Crippen molar-refractivity contribution < 1.29 is 14.3 Å². The molecule has 32 heavy (non-hydrogen) atoms. The van der Waals surface area contributed by atoms with Crippen LogP contribution in [0.4, 0.5) is 5.69 Å². The van der Waals surface area contributed by atoms with Gasteiger partial charge in [-0.2, -0.15) is 0 Å². The maximum Gasteiger partial charge on any atom is 0.241 e. The lowest BCUT2D eigenvalue weighted by Gasteiger charge is -2.32. The van der Waals surface area contributed by atoms with Crippen LogP contribution >= 0.6 is 0 Å². The van der Waals surface area contributed by atoms with E-state index < -0.39 is 0 Å². The fourth-order valence-electron chi connectivity index (χ4n) is 4.55. The van der Waals surface area contributed by atoms with Crippen molar-refractivity contribution in [1.29, 1.82) is 0 Å². The Balaban J connectivity index is 1.37. The van der Waals surface area contributed by atoms with Crippen LogP contribution in [0.3, 0.4) is 0 Å². The molecule has 0 N–H and O–H groups in total. The molecule has 0 saturated carbocycles. The molecule has 4 rings (SSSR count). The van der Waals surface area contributed by atoms with E-state index in [1.54, 1.807) is 7.11 Å². The summed E-state index contributed by atoms with van der Waals surface area (Å²) in [5.74, 6) is 1.05. The topological polar surface area (TPSA) is 49.9 Å². The van der Waals surface area contributed by atoms with Gasteiger partial charge in [0.05, 0.1) is 19.3 Å². The van der Waals surface area contributed by atoms with Crippen LogP contribution in [-0.4, -0.2) is 49.9 Å². The number of amides is 1. The number of ketones is 1. The molecule has 166 valence electrons. The molecule has 3 aromatic rings. The molecule has 1 heterocycles. The molecule has 1 fully saturated rings. The van der Waals surface area contributed by atoms with E-state index in [2.05, 4.69) is 23.1 Å². The summed E-state index contributed by atoms with van der Waals surface area (Å²) in [6.07, 6.45) is 1.55. The van der Waals surface area contributed by atoms with Gasteiger partial charge in [-0.15, -0.1) is 0 Å². The molecule has 0 unspecified atom stereocenters. The first-order chi connectivity index (χ1) is 15.6. The highest BCUT2D eigenvalue weighted by Crippen LogP contribution is 2.28. The van der Waals surface area contributed by atoms with Gasteiger partial charge in [-0.05, 0) is 68.6 Å². The summed E-state index contributed by atoms with van der Waals surface area (Å²) in [5.41, 5.74) is 1.69. The fraction of sp³-hybridized carbons (Fsp3) is 0.333. The molecule has 0 bridgehead atoms. The summed E-state index contributed by atoms with van der Waals surface area (Å²) in [5, 5.41) is 2.23. The van der Waals surface area contributed by atoms with E-state index in [0.29, 0.717) is 13.1 Å². The van der Waals surface area contributed by atoms with Crippen molar-refractivity contribution in [3.05, 3.63) is 72.3 Å². The van der Waals surface area contributed by atoms with Gasteiger partial charge in [-0.3, -0.25) is 14.5 Å². The molecule has 0 spiro atoms. The van der Waals surface area contributed by atoms with Gasteiger partial charge in [0.25, 0.3) is 0 Å². The van der Waals surface area contributed by atoms with E-state index >= 15 is 0 Å². The van der Waals surface area contributed by atoms with Gasteiger partial charge >= 0.3 is 0 Å². The lowest BCUT2D eigenvalue weighted by molar-refractivity contribution is -0.120. The van der Waals surface area contributed by atoms with Crippen molar-refractivity contribution >= 4 is 28.2 Å². The minimum absolute atomic E-state index is 0.00934. The molecular weight excluding hydrogens is 400 g/mol. The zero-order valence-electron chi connectivity index (χ0n) is 18.8. The molecule has 5 nitrogen and oxygen atoms in total. The first-order valence-electron chi connectivity index (χ1n) is 11.3. The molecule has 0 atom stereocenters. The highest BCUT2D eigenvalue weighted by molar-refractivity contribution is 6.04. The van der Waals surface area contributed by atoms with Crippen molar-refractivity contribution in [1.82, 2.24) is 4.90 Å². The third-order valence-electron chi connectivity index (χ3n) is 6.37. The number of fused-ring (bicyclic) bond motifs is 1. The van der Waals surface area contributed by atoms with Gasteiger partial charge in [0, 0.05) is 23.4 Å². The molecular formula is C27H30N2O3. The number of methoxy groups -OCH3 is 1. The van der Waals surface area contributed by atoms with Crippen molar-refractivity contribution in [2.75, 3.05) is 38.2 Å². The van der Waals surface area contributed by atoms with Crippen molar-refractivity contribution in [2.45, 2.75) is 19.8 Å². The van der Waals surface area contributed by atoms with Gasteiger partial charge in [0.2, 0.25) is 5.91 Å². The van der Waals surface area contributed by atoms with Crippen molar-refractivity contribution in [3.8, 4) is 5.75 Å². The predicted molar refractivity (Wildman–Crippen MR) is 128 cm³/mol.